The van der Waals surface area contributed by atoms with Crippen LogP contribution in [0.5, 0.6) is 0 Å². The van der Waals surface area contributed by atoms with Gasteiger partial charge in [0.2, 0.25) is 0 Å². The lowest BCUT2D eigenvalue weighted by Gasteiger charge is -2.70. The number of rotatable bonds is 12. The Morgan fingerprint density at radius 2 is 1.66 bits per heavy atom. The molecule has 61 heavy (non-hydrogen) atoms. The van der Waals surface area contributed by atoms with Crippen molar-refractivity contribution in [1.29, 1.82) is 0 Å². The standard InChI is InChI=1S/C49H56N8O3S/c1-31-13-15-34(16-14-31)23-60-44(59)41-36(37-22-50-57(33(37)3)30-49-27-46(4)24-47(5,28-49)26-48(25-46,29-49)19-9-21-58)17-18-40(52-41)56-20-8-10-35-32(2)42(54-55-43(35)56)53-45-51-38-11-6-7-12-39(38)61-45/h6-7,11-18,22,58H,8-10,19-21,23-30H2,1-5H3,(H,51,53,54). The van der Waals surface area contributed by atoms with E-state index in [-0.39, 0.29) is 29.7 Å². The lowest BCUT2D eigenvalue weighted by molar-refractivity contribution is -0.198. The highest BCUT2D eigenvalue weighted by atomic mass is 32.1. The van der Waals surface area contributed by atoms with Crippen molar-refractivity contribution in [3.63, 3.8) is 0 Å². The number of aliphatic hydroxyl groups excluding tert-OH is 1. The minimum absolute atomic E-state index is 0.141. The number of aromatic nitrogens is 6. The van der Waals surface area contributed by atoms with Gasteiger partial charge in [0.15, 0.2) is 22.5 Å². The van der Waals surface area contributed by atoms with Crippen molar-refractivity contribution in [2.45, 2.75) is 112 Å². The molecule has 0 amide bonds. The largest absolute Gasteiger partial charge is 0.456 e. The van der Waals surface area contributed by atoms with Crippen LogP contribution in [0.15, 0.2) is 66.9 Å². The smallest absolute Gasteiger partial charge is 0.358 e. The quantitative estimate of drug-likeness (QED) is 0.115. The van der Waals surface area contributed by atoms with E-state index in [2.05, 4.69) is 53.8 Å². The van der Waals surface area contributed by atoms with Gasteiger partial charge in [-0.15, -0.1) is 10.2 Å². The summed E-state index contributed by atoms with van der Waals surface area (Å²) in [4.78, 5) is 26.3. The third kappa shape index (κ3) is 7.39. The fourth-order valence-corrected chi connectivity index (χ4v) is 14.0. The molecule has 2 atom stereocenters. The third-order valence-corrected chi connectivity index (χ3v) is 15.3. The first-order chi connectivity index (χ1) is 29.3. The molecule has 11 rings (SSSR count). The number of nitrogens with zero attached hydrogens (tertiary/aromatic N) is 7. The molecule has 2 N–H and O–H groups in total. The number of hydrogen-bond donors (Lipinski definition) is 2. The normalized spacial score (nSPS) is 25.2. The van der Waals surface area contributed by atoms with Gasteiger partial charge in [0, 0.05) is 47.6 Å². The summed E-state index contributed by atoms with van der Waals surface area (Å²) in [6.45, 7) is 13.2. The predicted octanol–water partition coefficient (Wildman–Crippen LogP) is 10.6. The number of anilines is 4. The van der Waals surface area contributed by atoms with Crippen molar-refractivity contribution < 1.29 is 14.6 Å². The van der Waals surface area contributed by atoms with E-state index in [0.717, 1.165) is 86.9 Å². The van der Waals surface area contributed by atoms with Crippen molar-refractivity contribution >= 4 is 50.1 Å². The summed E-state index contributed by atoms with van der Waals surface area (Å²) in [7, 11) is 0. The SMILES string of the molecule is Cc1ccc(COC(=O)c2nc(N3CCCc4c3nnc(Nc3nc5ccccc5s3)c4C)ccc2-c2cnn(CC34CC5(C)CC(C)(CC(CCCO)(C5)C3)C4)c2C)cc1. The van der Waals surface area contributed by atoms with Crippen molar-refractivity contribution in [2.24, 2.45) is 21.7 Å². The Balaban J connectivity index is 0.975. The van der Waals surface area contributed by atoms with Crippen molar-refractivity contribution in [3.05, 3.63) is 101 Å². The molecule has 1 aliphatic heterocycles. The Bertz CT molecular complexity index is 2600. The number of esters is 1. The number of carbonyl (C=O) groups excluding carboxylic acids is 1. The van der Waals surface area contributed by atoms with Crippen LogP contribution in [0.25, 0.3) is 21.3 Å². The number of pyridine rings is 1. The summed E-state index contributed by atoms with van der Waals surface area (Å²) < 4.78 is 9.35. The number of aliphatic hydroxyl groups is 1. The maximum absolute atomic E-state index is 14.3. The van der Waals surface area contributed by atoms with Crippen LogP contribution in [0, 0.1) is 42.4 Å². The monoisotopic (exact) mass is 836 g/mol. The second-order valence-corrected chi connectivity index (χ2v) is 20.8. The fraction of sp³-hybridized carbons (Fsp3) is 0.469. The predicted molar refractivity (Wildman–Crippen MR) is 241 cm³/mol. The van der Waals surface area contributed by atoms with E-state index in [4.69, 9.17) is 24.9 Å². The summed E-state index contributed by atoms with van der Waals surface area (Å²) in [6, 6.07) is 20.1. The number of fused-ring (bicyclic) bond motifs is 2. The molecular weight excluding hydrogens is 781 g/mol. The van der Waals surface area contributed by atoms with E-state index in [1.807, 2.05) is 67.7 Å². The number of ether oxygens (including phenoxy) is 1. The van der Waals surface area contributed by atoms with Gasteiger partial charge < -0.3 is 20.1 Å². The Hall–Kier alpha value is -5.20. The molecule has 4 saturated carbocycles. The minimum atomic E-state index is -0.479. The van der Waals surface area contributed by atoms with Crippen LogP contribution in [-0.4, -0.2) is 54.2 Å². The Morgan fingerprint density at radius 1 is 0.885 bits per heavy atom. The van der Waals surface area contributed by atoms with Crippen LogP contribution >= 0.6 is 11.3 Å². The number of nitrogens with one attached hydrogen (secondary N) is 1. The highest BCUT2D eigenvalue weighted by Gasteiger charge is 2.65. The number of carbonyl (C=O) groups is 1. The Kier molecular flexibility index (Phi) is 9.82. The average Bonchev–Trinajstić information content (AvgIpc) is 3.80. The van der Waals surface area contributed by atoms with Crippen molar-refractivity contribution in [2.75, 3.05) is 23.4 Å². The summed E-state index contributed by atoms with van der Waals surface area (Å²) >= 11 is 1.59. The van der Waals surface area contributed by atoms with Crippen LogP contribution in [0.1, 0.15) is 110 Å². The number of thiazole rings is 1. The molecule has 4 aliphatic carbocycles. The average molecular weight is 837 g/mol. The summed E-state index contributed by atoms with van der Waals surface area (Å²) in [5.41, 5.74) is 9.05. The zero-order valence-corrected chi connectivity index (χ0v) is 36.9. The van der Waals surface area contributed by atoms with Crippen molar-refractivity contribution in [3.8, 4) is 11.1 Å². The van der Waals surface area contributed by atoms with E-state index in [1.54, 1.807) is 11.3 Å². The second-order valence-electron chi connectivity index (χ2n) is 19.8. The van der Waals surface area contributed by atoms with Gasteiger partial charge in [-0.05, 0) is 136 Å². The topological polar surface area (TPSA) is 131 Å². The molecule has 4 fully saturated rings. The molecule has 11 nitrogen and oxygen atoms in total. The molecule has 5 aliphatic rings. The lowest BCUT2D eigenvalue weighted by atomic mass is 9.35. The highest BCUT2D eigenvalue weighted by Crippen LogP contribution is 2.75. The molecule has 2 unspecified atom stereocenters. The first kappa shape index (κ1) is 39.9. The summed E-state index contributed by atoms with van der Waals surface area (Å²) in [5.74, 6) is 1.58. The number of aryl methyl sites for hydroxylation is 1. The molecule has 316 valence electrons. The number of benzene rings is 2. The van der Waals surface area contributed by atoms with Crippen LogP contribution < -0.4 is 10.2 Å². The first-order valence-electron chi connectivity index (χ1n) is 22.0. The van der Waals surface area contributed by atoms with Crippen LogP contribution in [0.3, 0.4) is 0 Å². The maximum atomic E-state index is 14.3. The molecule has 0 radical (unpaired) electrons. The highest BCUT2D eigenvalue weighted by molar-refractivity contribution is 7.22. The maximum Gasteiger partial charge on any atom is 0.358 e. The zero-order valence-electron chi connectivity index (χ0n) is 36.1. The molecule has 4 aromatic heterocycles. The van der Waals surface area contributed by atoms with Gasteiger partial charge in [-0.2, -0.15) is 5.10 Å². The lowest BCUT2D eigenvalue weighted by Crippen LogP contribution is -2.60. The van der Waals surface area contributed by atoms with E-state index < -0.39 is 5.97 Å². The third-order valence-electron chi connectivity index (χ3n) is 14.3. The van der Waals surface area contributed by atoms with Crippen molar-refractivity contribution in [1.82, 2.24) is 29.9 Å². The van der Waals surface area contributed by atoms with Gasteiger partial charge in [0.05, 0.1) is 16.4 Å². The summed E-state index contributed by atoms with van der Waals surface area (Å²) in [5, 5.41) is 28.6. The molecule has 5 heterocycles. The zero-order chi connectivity index (χ0) is 42.1. The van der Waals surface area contributed by atoms with Crippen LogP contribution in [-0.2, 0) is 24.3 Å². The van der Waals surface area contributed by atoms with Crippen LogP contribution in [0.2, 0.25) is 0 Å². The van der Waals surface area contributed by atoms with Crippen LogP contribution in [0.4, 0.5) is 22.6 Å². The van der Waals surface area contributed by atoms with Gasteiger partial charge in [-0.3, -0.25) is 4.68 Å². The van der Waals surface area contributed by atoms with Gasteiger partial charge in [0.25, 0.3) is 0 Å². The molecule has 4 bridgehead atoms. The van der Waals surface area contributed by atoms with Gasteiger partial charge in [-0.25, -0.2) is 14.8 Å². The molecule has 0 saturated heterocycles. The first-order valence-corrected chi connectivity index (χ1v) is 22.8. The van der Waals surface area contributed by atoms with E-state index in [9.17, 15) is 9.90 Å². The number of para-hydroxylation sites is 1. The van der Waals surface area contributed by atoms with Gasteiger partial charge in [-0.1, -0.05) is 67.1 Å². The van der Waals surface area contributed by atoms with Gasteiger partial charge >= 0.3 is 5.97 Å². The molecule has 0 spiro atoms. The van der Waals surface area contributed by atoms with E-state index >= 15 is 0 Å². The fourth-order valence-electron chi connectivity index (χ4n) is 13.1. The molecular formula is C49H56N8O3S. The van der Waals surface area contributed by atoms with Gasteiger partial charge in [0.1, 0.15) is 12.4 Å². The second kappa shape index (κ2) is 15.0. The Labute approximate surface area is 362 Å². The van der Waals surface area contributed by atoms with E-state index in [0.29, 0.717) is 34.6 Å². The minimum Gasteiger partial charge on any atom is -0.456 e. The molecule has 12 heteroatoms. The Morgan fingerprint density at radius 3 is 2.43 bits per heavy atom. The number of hydrogen-bond acceptors (Lipinski definition) is 11. The molecule has 6 aromatic rings. The molecule has 2 aromatic carbocycles. The van der Waals surface area contributed by atoms with E-state index in [1.165, 1.54) is 38.5 Å². The summed E-state index contributed by atoms with van der Waals surface area (Å²) in [6.07, 6.45) is 13.0.